The van der Waals surface area contributed by atoms with Gasteiger partial charge >= 0.3 is 0 Å². The molecule has 0 radical (unpaired) electrons. The lowest BCUT2D eigenvalue weighted by Gasteiger charge is -2.08. The second-order valence-corrected chi connectivity index (χ2v) is 6.93. The van der Waals surface area contributed by atoms with Gasteiger partial charge in [0.15, 0.2) is 11.5 Å². The number of imidazole rings is 1. The van der Waals surface area contributed by atoms with Crippen LogP contribution in [0.1, 0.15) is 15.9 Å². The molecule has 4 rings (SSSR count). The van der Waals surface area contributed by atoms with Crippen LogP contribution in [0, 0.1) is 0 Å². The Labute approximate surface area is 165 Å². The summed E-state index contributed by atoms with van der Waals surface area (Å²) < 4.78 is 18.6. The van der Waals surface area contributed by atoms with Crippen molar-refractivity contribution in [3.05, 3.63) is 65.3 Å². The zero-order valence-electron chi connectivity index (χ0n) is 15.4. The number of benzene rings is 2. The molecule has 0 saturated carbocycles. The number of carbonyl (C=O) groups excluding carboxylic acids is 1. The van der Waals surface area contributed by atoms with Crippen LogP contribution in [0.2, 0.25) is 0 Å². The smallest absolute Gasteiger partial charge is 0.163 e. The van der Waals surface area contributed by atoms with E-state index < -0.39 is 0 Å². The number of hydrogen-bond donors (Lipinski definition) is 0. The SMILES string of the molecule is COc1cc2ncn(-c3cc(OCc4ccccc4C=O)cs3)c2cc1OC. The van der Waals surface area contributed by atoms with Gasteiger partial charge in [0.25, 0.3) is 0 Å². The summed E-state index contributed by atoms with van der Waals surface area (Å²) in [5.41, 5.74) is 3.22. The van der Waals surface area contributed by atoms with E-state index in [2.05, 4.69) is 4.98 Å². The highest BCUT2D eigenvalue weighted by Crippen LogP contribution is 2.34. The molecule has 0 amide bonds. The third-order valence-corrected chi connectivity index (χ3v) is 5.33. The maximum absolute atomic E-state index is 11.1. The second kappa shape index (κ2) is 7.74. The fraction of sp³-hybridized carbons (Fsp3) is 0.143. The van der Waals surface area contributed by atoms with Gasteiger partial charge in [-0.05, 0) is 5.56 Å². The molecule has 0 saturated heterocycles. The highest BCUT2D eigenvalue weighted by Gasteiger charge is 2.13. The molecule has 6 nitrogen and oxygen atoms in total. The Balaban J connectivity index is 1.60. The van der Waals surface area contributed by atoms with Crippen molar-refractivity contribution in [2.45, 2.75) is 6.61 Å². The lowest BCUT2D eigenvalue weighted by molar-refractivity contribution is 0.112. The van der Waals surface area contributed by atoms with Crippen molar-refractivity contribution in [1.29, 1.82) is 0 Å². The number of aldehydes is 1. The van der Waals surface area contributed by atoms with Crippen molar-refractivity contribution in [1.82, 2.24) is 9.55 Å². The van der Waals surface area contributed by atoms with Crippen molar-refractivity contribution in [2.75, 3.05) is 14.2 Å². The predicted octanol–water partition coefficient (Wildman–Crippen LogP) is 4.50. The number of nitrogens with zero attached hydrogens (tertiary/aromatic N) is 2. The fourth-order valence-corrected chi connectivity index (χ4v) is 3.78. The molecule has 0 aliphatic carbocycles. The van der Waals surface area contributed by atoms with E-state index in [-0.39, 0.29) is 0 Å². The Morgan fingerprint density at radius 1 is 1.11 bits per heavy atom. The second-order valence-electron chi connectivity index (χ2n) is 6.04. The zero-order chi connectivity index (χ0) is 19.5. The van der Waals surface area contributed by atoms with Crippen LogP contribution in [-0.4, -0.2) is 30.1 Å². The number of fused-ring (bicyclic) bond motifs is 1. The Morgan fingerprint density at radius 3 is 2.68 bits per heavy atom. The van der Waals surface area contributed by atoms with E-state index in [1.54, 1.807) is 38.0 Å². The molecule has 0 aliphatic heterocycles. The normalized spacial score (nSPS) is 10.8. The first-order valence-corrected chi connectivity index (χ1v) is 9.45. The van der Waals surface area contributed by atoms with Crippen LogP contribution in [0.4, 0.5) is 0 Å². The maximum Gasteiger partial charge on any atom is 0.163 e. The van der Waals surface area contributed by atoms with Crippen LogP contribution in [0.25, 0.3) is 16.0 Å². The molecule has 4 aromatic rings. The first-order chi connectivity index (χ1) is 13.7. The number of aromatic nitrogens is 2. The van der Waals surface area contributed by atoms with Gasteiger partial charge < -0.3 is 14.2 Å². The minimum absolute atomic E-state index is 0.334. The number of hydrogen-bond acceptors (Lipinski definition) is 6. The predicted molar refractivity (Wildman–Crippen MR) is 108 cm³/mol. The highest BCUT2D eigenvalue weighted by molar-refractivity contribution is 7.12. The molecule has 7 heteroatoms. The van der Waals surface area contributed by atoms with E-state index in [1.165, 1.54) is 0 Å². The first kappa shape index (κ1) is 18.1. The van der Waals surface area contributed by atoms with E-state index in [4.69, 9.17) is 14.2 Å². The van der Waals surface area contributed by atoms with Crippen LogP contribution in [0.5, 0.6) is 17.2 Å². The van der Waals surface area contributed by atoms with E-state index in [9.17, 15) is 4.79 Å². The fourth-order valence-electron chi connectivity index (χ4n) is 2.96. The van der Waals surface area contributed by atoms with Crippen molar-refractivity contribution in [3.8, 4) is 22.2 Å². The van der Waals surface area contributed by atoms with Crippen LogP contribution in [0.3, 0.4) is 0 Å². The molecule has 0 spiro atoms. The molecular weight excluding hydrogens is 376 g/mol. The largest absolute Gasteiger partial charge is 0.493 e. The Kier molecular flexibility index (Phi) is 4.99. The minimum Gasteiger partial charge on any atom is -0.493 e. The van der Waals surface area contributed by atoms with Gasteiger partial charge in [0.1, 0.15) is 30.0 Å². The summed E-state index contributed by atoms with van der Waals surface area (Å²) in [6.45, 7) is 0.334. The quantitative estimate of drug-likeness (QED) is 0.432. The van der Waals surface area contributed by atoms with Gasteiger partial charge in [-0.25, -0.2) is 4.98 Å². The Bertz CT molecular complexity index is 1130. The van der Waals surface area contributed by atoms with Gasteiger partial charge in [-0.1, -0.05) is 24.3 Å². The molecule has 28 heavy (non-hydrogen) atoms. The molecule has 2 heterocycles. The monoisotopic (exact) mass is 394 g/mol. The van der Waals surface area contributed by atoms with Gasteiger partial charge in [0.2, 0.25) is 0 Å². The van der Waals surface area contributed by atoms with E-state index in [1.807, 2.05) is 46.3 Å². The van der Waals surface area contributed by atoms with E-state index >= 15 is 0 Å². The van der Waals surface area contributed by atoms with Crippen molar-refractivity contribution in [3.63, 3.8) is 0 Å². The zero-order valence-corrected chi connectivity index (χ0v) is 16.2. The number of ether oxygens (including phenoxy) is 3. The summed E-state index contributed by atoms with van der Waals surface area (Å²) in [4.78, 5) is 15.6. The minimum atomic E-state index is 0.334. The van der Waals surface area contributed by atoms with E-state index in [0.29, 0.717) is 23.7 Å². The third-order valence-electron chi connectivity index (χ3n) is 4.43. The molecule has 0 atom stereocenters. The summed E-state index contributed by atoms with van der Waals surface area (Å²) in [5.74, 6) is 2.03. The summed E-state index contributed by atoms with van der Waals surface area (Å²) in [7, 11) is 3.21. The molecule has 0 bridgehead atoms. The first-order valence-electron chi connectivity index (χ1n) is 8.57. The van der Waals surface area contributed by atoms with Crippen LogP contribution >= 0.6 is 11.3 Å². The lowest BCUT2D eigenvalue weighted by Crippen LogP contribution is -1.98. The van der Waals surface area contributed by atoms with Crippen molar-refractivity contribution >= 4 is 28.7 Å². The Morgan fingerprint density at radius 2 is 1.89 bits per heavy atom. The molecule has 2 aromatic carbocycles. The van der Waals surface area contributed by atoms with Crippen LogP contribution in [-0.2, 0) is 6.61 Å². The van der Waals surface area contributed by atoms with Gasteiger partial charge in [-0.2, -0.15) is 0 Å². The van der Waals surface area contributed by atoms with Crippen molar-refractivity contribution < 1.29 is 19.0 Å². The average molecular weight is 394 g/mol. The lowest BCUT2D eigenvalue weighted by atomic mass is 10.1. The summed E-state index contributed by atoms with van der Waals surface area (Å²) in [6, 6.07) is 13.1. The average Bonchev–Trinajstić information content (AvgIpc) is 3.37. The third kappa shape index (κ3) is 3.32. The number of thiophene rings is 1. The topological polar surface area (TPSA) is 62.6 Å². The molecule has 2 aromatic heterocycles. The van der Waals surface area contributed by atoms with Gasteiger partial charge in [-0.15, -0.1) is 11.3 Å². The number of methoxy groups -OCH3 is 2. The summed E-state index contributed by atoms with van der Waals surface area (Å²) in [6.07, 6.45) is 2.61. The summed E-state index contributed by atoms with van der Waals surface area (Å²) in [5, 5.41) is 2.90. The Hall–Kier alpha value is -3.32. The molecule has 0 fully saturated rings. The molecular formula is C21H18N2O4S. The number of carbonyl (C=O) groups is 1. The van der Waals surface area contributed by atoms with Gasteiger partial charge in [-0.3, -0.25) is 9.36 Å². The van der Waals surface area contributed by atoms with Gasteiger partial charge in [0, 0.05) is 29.1 Å². The standard InChI is InChI=1S/C21H18N2O4S/c1-25-19-8-17-18(9-20(19)26-2)23(13-22-17)21-7-16(12-28-21)27-11-15-6-4-3-5-14(15)10-24/h3-10,12-13H,11H2,1-2H3. The molecule has 0 N–H and O–H groups in total. The van der Waals surface area contributed by atoms with Crippen molar-refractivity contribution in [2.24, 2.45) is 0 Å². The maximum atomic E-state index is 11.1. The molecule has 0 unspecified atom stereocenters. The molecule has 0 aliphatic rings. The summed E-state index contributed by atoms with van der Waals surface area (Å²) >= 11 is 1.55. The van der Waals surface area contributed by atoms with Gasteiger partial charge in [0.05, 0.1) is 25.3 Å². The van der Waals surface area contributed by atoms with E-state index in [0.717, 1.165) is 33.6 Å². The van der Waals surface area contributed by atoms with Crippen LogP contribution < -0.4 is 14.2 Å². The van der Waals surface area contributed by atoms with Crippen LogP contribution in [0.15, 0.2) is 54.2 Å². The highest BCUT2D eigenvalue weighted by atomic mass is 32.1. The molecule has 142 valence electrons. The number of rotatable bonds is 7.